The van der Waals surface area contributed by atoms with Crippen LogP contribution in [0.1, 0.15) is 34.0 Å². The Bertz CT molecular complexity index is 663. The maximum atomic E-state index is 12.3. The topological polar surface area (TPSA) is 42.7 Å². The van der Waals surface area contributed by atoms with Gasteiger partial charge in [-0.15, -0.1) is 0 Å². The molecule has 1 aromatic heterocycles. The third-order valence-corrected chi connectivity index (χ3v) is 4.39. The summed E-state index contributed by atoms with van der Waals surface area (Å²) in [5.74, 6) is 1.85. The summed E-state index contributed by atoms with van der Waals surface area (Å²) >= 11 is 0. The van der Waals surface area contributed by atoms with Crippen LogP contribution in [-0.4, -0.2) is 30.5 Å². The number of ether oxygens (including phenoxy) is 1. The average molecular weight is 283 g/mol. The molecule has 0 bridgehead atoms. The molecule has 0 spiro atoms. The summed E-state index contributed by atoms with van der Waals surface area (Å²) in [6.07, 6.45) is 3.54. The van der Waals surface area contributed by atoms with E-state index in [1.54, 1.807) is 18.4 Å². The summed E-state index contributed by atoms with van der Waals surface area (Å²) in [5.41, 5.74) is 2.61. The Morgan fingerprint density at radius 2 is 2.24 bits per heavy atom. The first-order valence-corrected chi connectivity index (χ1v) is 7.39. The van der Waals surface area contributed by atoms with Crippen LogP contribution >= 0.6 is 0 Å². The van der Waals surface area contributed by atoms with Crippen molar-refractivity contribution in [3.05, 3.63) is 53.5 Å². The summed E-state index contributed by atoms with van der Waals surface area (Å²) in [4.78, 5) is 14.2. The molecule has 4 nitrogen and oxygen atoms in total. The maximum Gasteiger partial charge on any atom is 0.289 e. The lowest BCUT2D eigenvalue weighted by atomic mass is 9.96. The molecule has 1 unspecified atom stereocenters. The van der Waals surface area contributed by atoms with Crippen LogP contribution in [0.3, 0.4) is 0 Å². The first-order chi connectivity index (χ1) is 10.3. The molecule has 1 fully saturated rings. The highest BCUT2D eigenvalue weighted by Crippen LogP contribution is 2.33. The van der Waals surface area contributed by atoms with Gasteiger partial charge in [-0.2, -0.15) is 0 Å². The minimum Gasteiger partial charge on any atom is -0.493 e. The van der Waals surface area contributed by atoms with Crippen molar-refractivity contribution in [1.82, 2.24) is 4.90 Å². The number of hydrogen-bond donors (Lipinski definition) is 0. The second-order valence-corrected chi connectivity index (χ2v) is 5.68. The fraction of sp³-hybridized carbons (Fsp3) is 0.353. The predicted molar refractivity (Wildman–Crippen MR) is 77.6 cm³/mol. The zero-order valence-corrected chi connectivity index (χ0v) is 11.7. The maximum absolute atomic E-state index is 12.3. The highest BCUT2D eigenvalue weighted by Gasteiger charge is 2.29. The molecule has 4 rings (SSSR count). The summed E-state index contributed by atoms with van der Waals surface area (Å²) in [6, 6.07) is 9.92. The first-order valence-electron chi connectivity index (χ1n) is 7.39. The number of rotatable bonds is 2. The van der Waals surface area contributed by atoms with E-state index >= 15 is 0 Å². The van der Waals surface area contributed by atoms with Gasteiger partial charge in [0.25, 0.3) is 5.91 Å². The van der Waals surface area contributed by atoms with Gasteiger partial charge in [-0.3, -0.25) is 4.79 Å². The van der Waals surface area contributed by atoms with Crippen LogP contribution in [0.4, 0.5) is 0 Å². The lowest BCUT2D eigenvalue weighted by Gasteiger charge is -2.15. The normalized spacial score (nSPS) is 20.4. The number of nitrogens with zero attached hydrogens (tertiary/aromatic N) is 1. The predicted octanol–water partition coefficient (Wildman–Crippen LogP) is 2.84. The molecule has 108 valence electrons. The van der Waals surface area contributed by atoms with Crippen molar-refractivity contribution < 1.29 is 13.9 Å². The number of amides is 1. The Kier molecular flexibility index (Phi) is 2.95. The smallest absolute Gasteiger partial charge is 0.289 e. The van der Waals surface area contributed by atoms with E-state index < -0.39 is 0 Å². The molecule has 0 radical (unpaired) electrons. The van der Waals surface area contributed by atoms with E-state index in [9.17, 15) is 4.79 Å². The Hall–Kier alpha value is -2.23. The molecule has 0 aliphatic carbocycles. The highest BCUT2D eigenvalue weighted by molar-refractivity contribution is 5.91. The number of likely N-dealkylation sites (tertiary alicyclic amines) is 1. The summed E-state index contributed by atoms with van der Waals surface area (Å²) in [6.45, 7) is 2.34. The van der Waals surface area contributed by atoms with E-state index in [1.165, 1.54) is 11.1 Å². The van der Waals surface area contributed by atoms with E-state index in [0.717, 1.165) is 38.3 Å². The van der Waals surface area contributed by atoms with Crippen LogP contribution in [0.2, 0.25) is 0 Å². The molecule has 2 aromatic rings. The van der Waals surface area contributed by atoms with Crippen LogP contribution < -0.4 is 4.74 Å². The van der Waals surface area contributed by atoms with Crippen molar-refractivity contribution in [3.63, 3.8) is 0 Å². The molecule has 2 aliphatic rings. The largest absolute Gasteiger partial charge is 0.493 e. The van der Waals surface area contributed by atoms with E-state index in [-0.39, 0.29) is 5.91 Å². The minimum atomic E-state index is -0.00741. The van der Waals surface area contributed by atoms with Gasteiger partial charge in [-0.1, -0.05) is 12.1 Å². The van der Waals surface area contributed by atoms with Crippen LogP contribution in [0.5, 0.6) is 5.75 Å². The molecule has 2 aliphatic heterocycles. The Morgan fingerprint density at radius 1 is 1.29 bits per heavy atom. The molecule has 1 aromatic carbocycles. The van der Waals surface area contributed by atoms with Crippen molar-refractivity contribution in [2.45, 2.75) is 18.8 Å². The summed E-state index contributed by atoms with van der Waals surface area (Å²) in [7, 11) is 0. The lowest BCUT2D eigenvalue weighted by molar-refractivity contribution is 0.0759. The van der Waals surface area contributed by atoms with E-state index in [1.807, 2.05) is 4.90 Å². The SMILES string of the molecule is O=C(c1ccco1)N1CCC(c2ccc3c(c2)CCO3)C1. The molecular weight excluding hydrogens is 266 g/mol. The molecule has 21 heavy (non-hydrogen) atoms. The van der Waals surface area contributed by atoms with Crippen LogP contribution in [-0.2, 0) is 6.42 Å². The van der Waals surface area contributed by atoms with Crippen molar-refractivity contribution in [1.29, 1.82) is 0 Å². The Morgan fingerprint density at radius 3 is 3.10 bits per heavy atom. The van der Waals surface area contributed by atoms with Gasteiger partial charge >= 0.3 is 0 Å². The summed E-state index contributed by atoms with van der Waals surface area (Å²) < 4.78 is 10.7. The van der Waals surface area contributed by atoms with Crippen molar-refractivity contribution >= 4 is 5.91 Å². The number of carbonyl (C=O) groups is 1. The van der Waals surface area contributed by atoms with E-state index in [4.69, 9.17) is 9.15 Å². The van der Waals surface area contributed by atoms with Gasteiger partial charge in [0, 0.05) is 25.4 Å². The molecule has 1 atom stereocenters. The monoisotopic (exact) mass is 283 g/mol. The van der Waals surface area contributed by atoms with Gasteiger partial charge in [-0.25, -0.2) is 0 Å². The van der Waals surface area contributed by atoms with Gasteiger partial charge in [0.2, 0.25) is 0 Å². The number of fused-ring (bicyclic) bond motifs is 1. The lowest BCUT2D eigenvalue weighted by Crippen LogP contribution is -2.28. The van der Waals surface area contributed by atoms with Gasteiger partial charge in [0.15, 0.2) is 5.76 Å². The highest BCUT2D eigenvalue weighted by atomic mass is 16.5. The van der Waals surface area contributed by atoms with E-state index in [0.29, 0.717) is 11.7 Å². The molecule has 1 amide bonds. The van der Waals surface area contributed by atoms with Crippen LogP contribution in [0.15, 0.2) is 41.0 Å². The zero-order valence-electron chi connectivity index (χ0n) is 11.7. The zero-order chi connectivity index (χ0) is 14.2. The van der Waals surface area contributed by atoms with Crippen LogP contribution in [0, 0.1) is 0 Å². The molecule has 1 saturated heterocycles. The Balaban J connectivity index is 1.50. The number of carbonyl (C=O) groups excluding carboxylic acids is 1. The molecule has 0 N–H and O–H groups in total. The molecule has 0 saturated carbocycles. The first kappa shape index (κ1) is 12.5. The van der Waals surface area contributed by atoms with Crippen molar-refractivity contribution in [2.75, 3.05) is 19.7 Å². The average Bonchev–Trinajstić information content (AvgIpc) is 3.25. The van der Waals surface area contributed by atoms with Gasteiger partial charge in [-0.05, 0) is 35.7 Å². The molecule has 4 heteroatoms. The second kappa shape index (κ2) is 4.95. The third-order valence-electron chi connectivity index (χ3n) is 4.39. The fourth-order valence-electron chi connectivity index (χ4n) is 3.23. The summed E-state index contributed by atoms with van der Waals surface area (Å²) in [5, 5.41) is 0. The van der Waals surface area contributed by atoms with Gasteiger partial charge in [0.05, 0.1) is 12.9 Å². The molecule has 3 heterocycles. The quantitative estimate of drug-likeness (QED) is 0.851. The third kappa shape index (κ3) is 2.20. The molecular formula is C17H17NO3. The Labute approximate surface area is 123 Å². The minimum absolute atomic E-state index is 0.00741. The van der Waals surface area contributed by atoms with Crippen LogP contribution in [0.25, 0.3) is 0 Å². The van der Waals surface area contributed by atoms with Crippen molar-refractivity contribution in [3.8, 4) is 5.75 Å². The second-order valence-electron chi connectivity index (χ2n) is 5.68. The number of benzene rings is 1. The number of hydrogen-bond acceptors (Lipinski definition) is 3. The van der Waals surface area contributed by atoms with E-state index in [2.05, 4.69) is 18.2 Å². The standard InChI is InChI=1S/C17H17NO3/c19-17(16-2-1-8-20-16)18-7-5-14(11-18)12-3-4-15-13(10-12)6-9-21-15/h1-4,8,10,14H,5-7,9,11H2. The van der Waals surface area contributed by atoms with Crippen molar-refractivity contribution in [2.24, 2.45) is 0 Å². The van der Waals surface area contributed by atoms with Gasteiger partial charge in [0.1, 0.15) is 5.75 Å². The van der Waals surface area contributed by atoms with Gasteiger partial charge < -0.3 is 14.1 Å². The fourth-order valence-corrected chi connectivity index (χ4v) is 3.23. The number of furan rings is 1.